The lowest BCUT2D eigenvalue weighted by atomic mass is 10.2. The monoisotopic (exact) mass is 323 g/mol. The molecule has 0 heterocycles. The molecule has 0 saturated heterocycles. The quantitative estimate of drug-likeness (QED) is 0.746. The second kappa shape index (κ2) is 7.80. The lowest BCUT2D eigenvalue weighted by Gasteiger charge is -2.18. The third kappa shape index (κ3) is 4.60. The van der Waals surface area contributed by atoms with Gasteiger partial charge >= 0.3 is 0 Å². The highest BCUT2D eigenvalue weighted by Gasteiger charge is 2.23. The number of sulfonamides is 1. The van der Waals surface area contributed by atoms with Crippen LogP contribution in [0.3, 0.4) is 0 Å². The van der Waals surface area contributed by atoms with E-state index >= 15 is 0 Å². The molecule has 0 aliphatic heterocycles. The van der Waals surface area contributed by atoms with Gasteiger partial charge in [0.15, 0.2) is 0 Å². The van der Waals surface area contributed by atoms with Gasteiger partial charge in [0.1, 0.15) is 10.6 Å². The molecule has 0 aliphatic rings. The number of methoxy groups -OCH3 is 2. The second-order valence-corrected chi connectivity index (χ2v) is 6.20. The van der Waals surface area contributed by atoms with Crippen LogP contribution in [0.25, 0.3) is 0 Å². The summed E-state index contributed by atoms with van der Waals surface area (Å²) in [5, 5.41) is 9.31. The SMILES string of the molecule is COCC(CCO)NS(=O)(=O)c1ccc(Cl)cc1OC. The fourth-order valence-corrected chi connectivity index (χ4v) is 3.25. The fourth-order valence-electron chi connectivity index (χ4n) is 1.68. The van der Waals surface area contributed by atoms with E-state index in [0.29, 0.717) is 5.02 Å². The Labute approximate surface area is 123 Å². The molecule has 1 unspecified atom stereocenters. The van der Waals surface area contributed by atoms with Crippen LogP contribution in [0.5, 0.6) is 5.75 Å². The Kier molecular flexibility index (Phi) is 6.70. The Morgan fingerprint density at radius 3 is 2.65 bits per heavy atom. The maximum Gasteiger partial charge on any atom is 0.244 e. The molecule has 1 rings (SSSR count). The number of nitrogens with one attached hydrogen (secondary N) is 1. The molecule has 1 atom stereocenters. The van der Waals surface area contributed by atoms with E-state index in [1.54, 1.807) is 0 Å². The Hall–Kier alpha value is -0.860. The van der Waals surface area contributed by atoms with Gasteiger partial charge in [-0.05, 0) is 18.6 Å². The molecule has 114 valence electrons. The third-order valence-corrected chi connectivity index (χ3v) is 4.38. The standard InChI is InChI=1S/C12H18ClNO5S/c1-18-8-10(5-6-15)14-20(16,17)12-4-3-9(13)7-11(12)19-2/h3-4,7,10,14-15H,5-6,8H2,1-2H3. The Morgan fingerprint density at radius 2 is 2.10 bits per heavy atom. The summed E-state index contributed by atoms with van der Waals surface area (Å²) in [6.45, 7) is 0.0179. The van der Waals surface area contributed by atoms with Crippen LogP contribution in [-0.2, 0) is 14.8 Å². The summed E-state index contributed by atoms with van der Waals surface area (Å²) in [6.07, 6.45) is 0.253. The molecule has 0 aliphatic carbocycles. The molecule has 20 heavy (non-hydrogen) atoms. The van der Waals surface area contributed by atoms with Crippen molar-refractivity contribution in [2.75, 3.05) is 27.4 Å². The summed E-state index contributed by atoms with van der Waals surface area (Å²) >= 11 is 5.80. The van der Waals surface area contributed by atoms with Crippen LogP contribution in [0.4, 0.5) is 0 Å². The molecular formula is C12H18ClNO5S. The smallest absolute Gasteiger partial charge is 0.244 e. The minimum Gasteiger partial charge on any atom is -0.495 e. The average molecular weight is 324 g/mol. The summed E-state index contributed by atoms with van der Waals surface area (Å²) in [6, 6.07) is 3.74. The molecule has 0 spiro atoms. The molecule has 0 bridgehead atoms. The maximum atomic E-state index is 12.3. The molecule has 0 radical (unpaired) electrons. The first-order valence-electron chi connectivity index (χ1n) is 5.90. The minimum atomic E-state index is -3.79. The summed E-state index contributed by atoms with van der Waals surface area (Å²) in [4.78, 5) is -0.0107. The van der Waals surface area contributed by atoms with Gasteiger partial charge in [-0.1, -0.05) is 11.6 Å². The predicted molar refractivity (Wildman–Crippen MR) is 75.7 cm³/mol. The number of halogens is 1. The second-order valence-electron chi connectivity index (χ2n) is 4.08. The largest absolute Gasteiger partial charge is 0.495 e. The van der Waals surface area contributed by atoms with Crippen molar-refractivity contribution < 1.29 is 23.0 Å². The zero-order chi connectivity index (χ0) is 15.2. The van der Waals surface area contributed by atoms with Gasteiger partial charge in [0, 0.05) is 30.8 Å². The van der Waals surface area contributed by atoms with Gasteiger partial charge < -0.3 is 14.6 Å². The van der Waals surface area contributed by atoms with E-state index in [-0.39, 0.29) is 30.3 Å². The van der Waals surface area contributed by atoms with Gasteiger partial charge in [-0.3, -0.25) is 0 Å². The van der Waals surface area contributed by atoms with Crippen molar-refractivity contribution >= 4 is 21.6 Å². The molecule has 0 amide bonds. The van der Waals surface area contributed by atoms with Crippen molar-refractivity contribution in [1.82, 2.24) is 4.72 Å². The number of hydrogen-bond donors (Lipinski definition) is 2. The van der Waals surface area contributed by atoms with Crippen molar-refractivity contribution in [3.63, 3.8) is 0 Å². The van der Waals surface area contributed by atoms with E-state index in [2.05, 4.69) is 4.72 Å². The lowest BCUT2D eigenvalue weighted by Crippen LogP contribution is -2.38. The number of aliphatic hydroxyl groups excluding tert-OH is 1. The predicted octanol–water partition coefficient (Wildman–Crippen LogP) is 1.02. The van der Waals surface area contributed by atoms with Gasteiger partial charge in [0.2, 0.25) is 10.0 Å². The van der Waals surface area contributed by atoms with E-state index in [9.17, 15) is 8.42 Å². The summed E-state index contributed by atoms with van der Waals surface area (Å²) in [5.41, 5.74) is 0. The van der Waals surface area contributed by atoms with Crippen LogP contribution in [0.15, 0.2) is 23.1 Å². The van der Waals surface area contributed by atoms with E-state index in [4.69, 9.17) is 26.2 Å². The first-order valence-corrected chi connectivity index (χ1v) is 7.76. The zero-order valence-corrected chi connectivity index (χ0v) is 12.9. The zero-order valence-electron chi connectivity index (χ0n) is 11.3. The van der Waals surface area contributed by atoms with Crippen molar-refractivity contribution in [2.24, 2.45) is 0 Å². The van der Waals surface area contributed by atoms with Crippen molar-refractivity contribution in [2.45, 2.75) is 17.4 Å². The number of benzene rings is 1. The van der Waals surface area contributed by atoms with Crippen LogP contribution in [0.1, 0.15) is 6.42 Å². The third-order valence-electron chi connectivity index (χ3n) is 2.58. The number of ether oxygens (including phenoxy) is 2. The van der Waals surface area contributed by atoms with E-state index < -0.39 is 16.1 Å². The number of aliphatic hydroxyl groups is 1. The van der Waals surface area contributed by atoms with Crippen molar-refractivity contribution in [1.29, 1.82) is 0 Å². The number of hydrogen-bond acceptors (Lipinski definition) is 5. The van der Waals surface area contributed by atoms with Gasteiger partial charge in [-0.2, -0.15) is 0 Å². The van der Waals surface area contributed by atoms with Gasteiger partial charge in [-0.25, -0.2) is 13.1 Å². The summed E-state index contributed by atoms with van der Waals surface area (Å²) in [7, 11) is -0.962. The highest BCUT2D eigenvalue weighted by Crippen LogP contribution is 2.27. The minimum absolute atomic E-state index is 0.0107. The maximum absolute atomic E-state index is 12.3. The van der Waals surface area contributed by atoms with Gasteiger partial charge in [-0.15, -0.1) is 0 Å². The molecule has 1 aromatic carbocycles. The highest BCUT2D eigenvalue weighted by molar-refractivity contribution is 7.89. The van der Waals surface area contributed by atoms with Gasteiger partial charge in [0.25, 0.3) is 0 Å². The molecule has 8 heteroatoms. The molecule has 6 nitrogen and oxygen atoms in total. The molecule has 0 fully saturated rings. The Balaban J connectivity index is 3.03. The normalized spacial score (nSPS) is 13.2. The fraction of sp³-hybridized carbons (Fsp3) is 0.500. The molecule has 0 aromatic heterocycles. The average Bonchev–Trinajstić information content (AvgIpc) is 2.38. The van der Waals surface area contributed by atoms with Crippen molar-refractivity contribution in [3.05, 3.63) is 23.2 Å². The van der Waals surface area contributed by atoms with Crippen LogP contribution in [0.2, 0.25) is 5.02 Å². The number of rotatable bonds is 8. The molecule has 1 aromatic rings. The Morgan fingerprint density at radius 1 is 1.40 bits per heavy atom. The van der Waals surface area contributed by atoms with E-state index in [1.165, 1.54) is 32.4 Å². The van der Waals surface area contributed by atoms with Gasteiger partial charge in [0.05, 0.1) is 13.7 Å². The summed E-state index contributed by atoms with van der Waals surface area (Å²) in [5.74, 6) is 0.158. The summed E-state index contributed by atoms with van der Waals surface area (Å²) < 4.78 is 37.0. The lowest BCUT2D eigenvalue weighted by molar-refractivity contribution is 0.158. The molecule has 0 saturated carbocycles. The first kappa shape index (κ1) is 17.2. The van der Waals surface area contributed by atoms with E-state index in [1.807, 2.05) is 0 Å². The van der Waals surface area contributed by atoms with Crippen LogP contribution in [0, 0.1) is 0 Å². The van der Waals surface area contributed by atoms with Crippen LogP contribution in [-0.4, -0.2) is 47.0 Å². The van der Waals surface area contributed by atoms with Crippen molar-refractivity contribution in [3.8, 4) is 5.75 Å². The first-order chi connectivity index (χ1) is 9.44. The van der Waals surface area contributed by atoms with Crippen LogP contribution < -0.4 is 9.46 Å². The topological polar surface area (TPSA) is 84.9 Å². The van der Waals surface area contributed by atoms with E-state index in [0.717, 1.165) is 0 Å². The molecular weight excluding hydrogens is 306 g/mol. The highest BCUT2D eigenvalue weighted by atomic mass is 35.5. The van der Waals surface area contributed by atoms with Crippen LogP contribution >= 0.6 is 11.6 Å². The molecule has 2 N–H and O–H groups in total. The Bertz CT molecular complexity index is 529.